The first-order valence-electron chi connectivity index (χ1n) is 10.3. The Labute approximate surface area is 164 Å². The largest absolute Gasteiger partial charge is 0.334 e. The maximum atomic E-state index is 13.3. The Balaban J connectivity index is 1.45. The SMILES string of the molecule is Cc1c(C(=O)N2CCCC2C2CCCC2)nnn1-c1ccc2ncccc2c1. The van der Waals surface area contributed by atoms with Gasteiger partial charge in [0.05, 0.1) is 16.9 Å². The highest BCUT2D eigenvalue weighted by atomic mass is 16.2. The fraction of sp³-hybridized carbons (Fsp3) is 0.455. The number of carbonyl (C=O) groups is 1. The standard InChI is InChI=1S/C22H25N5O/c1-15-21(22(28)26-13-5-9-20(26)16-6-2-3-7-16)24-25-27(15)18-10-11-19-17(14-18)8-4-12-23-19/h4,8,10-12,14,16,20H,2-3,5-7,9,13H2,1H3. The Morgan fingerprint density at radius 1 is 1.11 bits per heavy atom. The second-order valence-corrected chi connectivity index (χ2v) is 8.07. The molecule has 0 bridgehead atoms. The van der Waals surface area contributed by atoms with Crippen molar-refractivity contribution in [1.29, 1.82) is 0 Å². The van der Waals surface area contributed by atoms with E-state index in [0.717, 1.165) is 41.7 Å². The fourth-order valence-corrected chi connectivity index (χ4v) is 4.98. The van der Waals surface area contributed by atoms with Crippen molar-refractivity contribution in [3.8, 4) is 5.69 Å². The van der Waals surface area contributed by atoms with E-state index in [1.165, 1.54) is 25.7 Å². The average Bonchev–Trinajstić information content (AvgIpc) is 3.47. The van der Waals surface area contributed by atoms with E-state index >= 15 is 0 Å². The lowest BCUT2D eigenvalue weighted by molar-refractivity contribution is 0.0682. The average molecular weight is 375 g/mol. The first-order valence-corrected chi connectivity index (χ1v) is 10.3. The van der Waals surface area contributed by atoms with Crippen molar-refractivity contribution in [3.63, 3.8) is 0 Å². The number of benzene rings is 1. The van der Waals surface area contributed by atoms with Crippen LogP contribution in [0.25, 0.3) is 16.6 Å². The van der Waals surface area contributed by atoms with Gasteiger partial charge >= 0.3 is 0 Å². The van der Waals surface area contributed by atoms with E-state index in [4.69, 9.17) is 0 Å². The van der Waals surface area contributed by atoms with Crippen LogP contribution >= 0.6 is 0 Å². The van der Waals surface area contributed by atoms with E-state index < -0.39 is 0 Å². The lowest BCUT2D eigenvalue weighted by Gasteiger charge is -2.29. The number of nitrogens with zero attached hydrogens (tertiary/aromatic N) is 5. The van der Waals surface area contributed by atoms with Crippen LogP contribution in [-0.2, 0) is 0 Å². The van der Waals surface area contributed by atoms with Crippen LogP contribution in [0.2, 0.25) is 0 Å². The van der Waals surface area contributed by atoms with Crippen LogP contribution in [0.1, 0.15) is 54.7 Å². The molecule has 1 saturated heterocycles. The molecule has 0 spiro atoms. The smallest absolute Gasteiger partial charge is 0.276 e. The minimum Gasteiger partial charge on any atom is -0.334 e. The highest BCUT2D eigenvalue weighted by Gasteiger charge is 2.37. The van der Waals surface area contributed by atoms with Gasteiger partial charge in [-0.2, -0.15) is 0 Å². The summed E-state index contributed by atoms with van der Waals surface area (Å²) in [5, 5.41) is 9.64. The molecular formula is C22H25N5O. The number of aromatic nitrogens is 4. The van der Waals surface area contributed by atoms with Crippen LogP contribution in [0.5, 0.6) is 0 Å². The van der Waals surface area contributed by atoms with Crippen LogP contribution in [0.3, 0.4) is 0 Å². The molecule has 1 aliphatic heterocycles. The van der Waals surface area contributed by atoms with E-state index in [1.54, 1.807) is 10.9 Å². The molecule has 2 fully saturated rings. The van der Waals surface area contributed by atoms with E-state index in [2.05, 4.69) is 20.2 Å². The van der Waals surface area contributed by atoms with Gasteiger partial charge < -0.3 is 4.90 Å². The predicted octanol–water partition coefficient (Wildman–Crippen LogP) is 3.92. The Morgan fingerprint density at radius 2 is 1.96 bits per heavy atom. The number of carbonyl (C=O) groups excluding carboxylic acids is 1. The molecule has 3 aromatic rings. The summed E-state index contributed by atoms with van der Waals surface area (Å²) >= 11 is 0. The molecule has 5 rings (SSSR count). The Bertz CT molecular complexity index is 1020. The number of likely N-dealkylation sites (tertiary alicyclic amines) is 1. The molecular weight excluding hydrogens is 350 g/mol. The second kappa shape index (κ2) is 7.00. The third-order valence-electron chi connectivity index (χ3n) is 6.43. The lowest BCUT2D eigenvalue weighted by Crippen LogP contribution is -2.39. The van der Waals surface area contributed by atoms with Crippen LogP contribution in [0, 0.1) is 12.8 Å². The van der Waals surface area contributed by atoms with Gasteiger partial charge in [-0.05, 0) is 62.8 Å². The molecule has 1 aliphatic carbocycles. The molecule has 28 heavy (non-hydrogen) atoms. The molecule has 0 radical (unpaired) electrons. The molecule has 2 aliphatic rings. The van der Waals surface area contributed by atoms with Crippen molar-refractivity contribution >= 4 is 16.8 Å². The Hall–Kier alpha value is -2.76. The maximum Gasteiger partial charge on any atom is 0.276 e. The van der Waals surface area contributed by atoms with Crippen molar-refractivity contribution in [3.05, 3.63) is 47.9 Å². The van der Waals surface area contributed by atoms with Crippen molar-refractivity contribution in [1.82, 2.24) is 24.9 Å². The Morgan fingerprint density at radius 3 is 2.82 bits per heavy atom. The molecule has 0 N–H and O–H groups in total. The topological polar surface area (TPSA) is 63.9 Å². The third kappa shape index (κ3) is 2.87. The van der Waals surface area contributed by atoms with Crippen LogP contribution in [-0.4, -0.2) is 43.4 Å². The molecule has 144 valence electrons. The van der Waals surface area contributed by atoms with Gasteiger partial charge in [0.15, 0.2) is 5.69 Å². The van der Waals surface area contributed by atoms with Crippen molar-refractivity contribution < 1.29 is 4.79 Å². The molecule has 1 atom stereocenters. The normalized spacial score (nSPS) is 20.3. The summed E-state index contributed by atoms with van der Waals surface area (Å²) < 4.78 is 1.76. The Kier molecular flexibility index (Phi) is 4.34. The third-order valence-corrected chi connectivity index (χ3v) is 6.43. The van der Waals surface area contributed by atoms with Gasteiger partial charge in [0.25, 0.3) is 5.91 Å². The zero-order chi connectivity index (χ0) is 19.1. The predicted molar refractivity (Wildman–Crippen MR) is 107 cm³/mol. The van der Waals surface area contributed by atoms with Crippen LogP contribution < -0.4 is 0 Å². The first-order chi connectivity index (χ1) is 13.7. The van der Waals surface area contributed by atoms with Crippen LogP contribution in [0.4, 0.5) is 0 Å². The molecule has 6 heteroatoms. The minimum atomic E-state index is 0.0422. The molecule has 6 nitrogen and oxygen atoms in total. The summed E-state index contributed by atoms with van der Waals surface area (Å²) in [5.74, 6) is 0.704. The second-order valence-electron chi connectivity index (χ2n) is 8.07. The van der Waals surface area contributed by atoms with Gasteiger partial charge in [0, 0.05) is 24.2 Å². The first kappa shape index (κ1) is 17.3. The number of hydrogen-bond donors (Lipinski definition) is 0. The summed E-state index contributed by atoms with van der Waals surface area (Å²) in [7, 11) is 0. The monoisotopic (exact) mass is 375 g/mol. The fourth-order valence-electron chi connectivity index (χ4n) is 4.98. The molecule has 3 heterocycles. The molecule has 1 amide bonds. The zero-order valence-electron chi connectivity index (χ0n) is 16.2. The maximum absolute atomic E-state index is 13.3. The van der Waals surface area contributed by atoms with Gasteiger partial charge in [-0.3, -0.25) is 9.78 Å². The van der Waals surface area contributed by atoms with Crippen LogP contribution in [0.15, 0.2) is 36.5 Å². The van der Waals surface area contributed by atoms with E-state index in [1.807, 2.05) is 37.3 Å². The highest BCUT2D eigenvalue weighted by Crippen LogP contribution is 2.36. The van der Waals surface area contributed by atoms with Crippen molar-refractivity contribution in [2.45, 2.75) is 51.5 Å². The number of rotatable bonds is 3. The number of hydrogen-bond acceptors (Lipinski definition) is 4. The number of fused-ring (bicyclic) bond motifs is 1. The van der Waals surface area contributed by atoms with Gasteiger partial charge in [0.2, 0.25) is 0 Å². The lowest BCUT2D eigenvalue weighted by atomic mass is 9.96. The summed E-state index contributed by atoms with van der Waals surface area (Å²) in [4.78, 5) is 19.7. The van der Waals surface area contributed by atoms with Gasteiger partial charge in [-0.25, -0.2) is 4.68 Å². The van der Waals surface area contributed by atoms with E-state index in [-0.39, 0.29) is 5.91 Å². The van der Waals surface area contributed by atoms with Crippen molar-refractivity contribution in [2.75, 3.05) is 6.54 Å². The molecule has 1 unspecified atom stereocenters. The molecule has 1 saturated carbocycles. The van der Waals surface area contributed by atoms with Crippen molar-refractivity contribution in [2.24, 2.45) is 5.92 Å². The van der Waals surface area contributed by atoms with Gasteiger partial charge in [0.1, 0.15) is 0 Å². The van der Waals surface area contributed by atoms with Gasteiger partial charge in [-0.1, -0.05) is 24.1 Å². The summed E-state index contributed by atoms with van der Waals surface area (Å²) in [6.45, 7) is 2.77. The summed E-state index contributed by atoms with van der Waals surface area (Å²) in [6, 6.07) is 10.3. The van der Waals surface area contributed by atoms with E-state index in [9.17, 15) is 4.79 Å². The molecule has 1 aromatic carbocycles. The highest BCUT2D eigenvalue weighted by molar-refractivity contribution is 5.94. The minimum absolute atomic E-state index is 0.0422. The number of amides is 1. The number of pyridine rings is 1. The zero-order valence-corrected chi connectivity index (χ0v) is 16.2. The van der Waals surface area contributed by atoms with Gasteiger partial charge in [-0.15, -0.1) is 5.10 Å². The summed E-state index contributed by atoms with van der Waals surface area (Å²) in [5.41, 5.74) is 3.12. The quantitative estimate of drug-likeness (QED) is 0.696. The van der Waals surface area contributed by atoms with E-state index in [0.29, 0.717) is 17.7 Å². The summed E-state index contributed by atoms with van der Waals surface area (Å²) in [6.07, 6.45) is 9.12. The molecule has 2 aromatic heterocycles.